The fourth-order valence-corrected chi connectivity index (χ4v) is 1.52. The van der Waals surface area contributed by atoms with E-state index in [-0.39, 0.29) is 6.01 Å². The Kier molecular flexibility index (Phi) is 3.70. The van der Waals surface area contributed by atoms with Crippen LogP contribution in [0.1, 0.15) is 5.56 Å². The third kappa shape index (κ3) is 3.04. The van der Waals surface area contributed by atoms with Crippen molar-refractivity contribution in [2.24, 2.45) is 0 Å². The van der Waals surface area contributed by atoms with Gasteiger partial charge in [-0.15, -0.1) is 0 Å². The topological polar surface area (TPSA) is 79.5 Å². The monoisotopic (exact) mass is 261 g/mol. The number of nitrogens with two attached hydrogens (primary N) is 1. The van der Waals surface area contributed by atoms with Crippen LogP contribution in [0.25, 0.3) is 0 Å². The van der Waals surface area contributed by atoms with Crippen LogP contribution in [-0.2, 0) is 0 Å². The molecule has 100 valence electrons. The number of nitrogens with zero attached hydrogens (tertiary/aromatic N) is 2. The first-order valence-electron chi connectivity index (χ1n) is 5.63. The van der Waals surface area contributed by atoms with Gasteiger partial charge in [-0.05, 0) is 30.7 Å². The number of ether oxygens (including phenoxy) is 3. The number of aryl methyl sites for hydroxylation is 1. The second-order valence-electron chi connectivity index (χ2n) is 3.86. The Labute approximate surface area is 111 Å². The molecule has 0 saturated heterocycles. The van der Waals surface area contributed by atoms with Gasteiger partial charge in [-0.25, -0.2) is 0 Å². The average Bonchev–Trinajstić information content (AvgIpc) is 2.41. The largest absolute Gasteiger partial charge is 0.481 e. The number of anilines is 1. The third-order valence-electron chi connectivity index (χ3n) is 2.48. The van der Waals surface area contributed by atoms with Gasteiger partial charge < -0.3 is 19.9 Å². The highest BCUT2D eigenvalue weighted by Crippen LogP contribution is 2.27. The lowest BCUT2D eigenvalue weighted by molar-refractivity contribution is 0.347. The highest BCUT2D eigenvalue weighted by molar-refractivity contribution is 5.47. The maximum absolute atomic E-state index is 5.69. The van der Waals surface area contributed by atoms with Gasteiger partial charge in [0.15, 0.2) is 0 Å². The number of benzene rings is 1. The van der Waals surface area contributed by atoms with Crippen LogP contribution < -0.4 is 19.9 Å². The Morgan fingerprint density at radius 2 is 1.63 bits per heavy atom. The molecule has 0 bridgehead atoms. The van der Waals surface area contributed by atoms with Gasteiger partial charge in [0.25, 0.3) is 0 Å². The van der Waals surface area contributed by atoms with Crippen molar-refractivity contribution in [3.63, 3.8) is 0 Å². The lowest BCUT2D eigenvalue weighted by Gasteiger charge is -2.09. The van der Waals surface area contributed by atoms with E-state index in [4.69, 9.17) is 19.9 Å². The maximum Gasteiger partial charge on any atom is 0.328 e. The fraction of sp³-hybridized carbons (Fsp3) is 0.231. The molecule has 6 heteroatoms. The average molecular weight is 261 g/mol. The van der Waals surface area contributed by atoms with E-state index in [2.05, 4.69) is 9.97 Å². The van der Waals surface area contributed by atoms with Crippen molar-refractivity contribution < 1.29 is 14.2 Å². The fourth-order valence-electron chi connectivity index (χ4n) is 1.52. The number of rotatable bonds is 4. The lowest BCUT2D eigenvalue weighted by atomic mass is 10.2. The van der Waals surface area contributed by atoms with Crippen LogP contribution >= 0.6 is 0 Å². The van der Waals surface area contributed by atoms with E-state index in [1.165, 1.54) is 14.2 Å². The van der Waals surface area contributed by atoms with E-state index in [1.54, 1.807) is 18.2 Å². The van der Waals surface area contributed by atoms with Crippen LogP contribution in [0.4, 0.5) is 5.69 Å². The van der Waals surface area contributed by atoms with E-state index >= 15 is 0 Å². The summed E-state index contributed by atoms with van der Waals surface area (Å²) in [5, 5.41) is 0. The minimum atomic E-state index is 0.157. The van der Waals surface area contributed by atoms with Gasteiger partial charge in [0.05, 0.1) is 20.3 Å². The molecular weight excluding hydrogens is 246 g/mol. The summed E-state index contributed by atoms with van der Waals surface area (Å²) in [5.74, 6) is 1.37. The van der Waals surface area contributed by atoms with Gasteiger partial charge in [-0.1, -0.05) is 0 Å². The molecule has 2 rings (SSSR count). The molecule has 19 heavy (non-hydrogen) atoms. The highest BCUT2D eigenvalue weighted by Gasteiger charge is 2.09. The summed E-state index contributed by atoms with van der Waals surface area (Å²) < 4.78 is 15.7. The maximum atomic E-state index is 5.69. The van der Waals surface area contributed by atoms with Crippen molar-refractivity contribution in [2.75, 3.05) is 20.0 Å². The van der Waals surface area contributed by atoms with Gasteiger partial charge in [0.2, 0.25) is 11.8 Å². The number of hydrogen-bond donors (Lipinski definition) is 1. The molecule has 0 saturated carbocycles. The zero-order chi connectivity index (χ0) is 13.8. The molecule has 1 aromatic carbocycles. The van der Waals surface area contributed by atoms with E-state index in [1.807, 2.05) is 13.0 Å². The second-order valence-corrected chi connectivity index (χ2v) is 3.86. The Hall–Kier alpha value is -2.50. The number of nitrogen functional groups attached to an aromatic ring is 1. The smallest absolute Gasteiger partial charge is 0.328 e. The summed E-state index contributed by atoms with van der Waals surface area (Å²) in [7, 11) is 3.03. The number of methoxy groups -OCH3 is 2. The zero-order valence-corrected chi connectivity index (χ0v) is 11.0. The standard InChI is InChI=1S/C13H15N3O3/c1-8-6-9(14)4-5-10(8)19-13-15-11(17-2)7-12(16-13)18-3/h4-7H,14H2,1-3H3. The Bertz CT molecular complexity index is 565. The molecule has 2 N–H and O–H groups in total. The first-order chi connectivity index (χ1) is 9.12. The van der Waals surface area contributed by atoms with Crippen molar-refractivity contribution in [3.05, 3.63) is 29.8 Å². The van der Waals surface area contributed by atoms with Crippen molar-refractivity contribution in [1.29, 1.82) is 0 Å². The third-order valence-corrected chi connectivity index (χ3v) is 2.48. The molecule has 0 unspecified atom stereocenters. The van der Waals surface area contributed by atoms with E-state index in [0.717, 1.165) is 5.56 Å². The predicted octanol–water partition coefficient (Wildman–Crippen LogP) is 2.18. The summed E-state index contributed by atoms with van der Waals surface area (Å²) in [6.07, 6.45) is 0. The summed E-state index contributed by atoms with van der Waals surface area (Å²) in [5.41, 5.74) is 7.25. The van der Waals surface area contributed by atoms with Crippen LogP contribution in [0, 0.1) is 6.92 Å². The first kappa shape index (κ1) is 12.9. The van der Waals surface area contributed by atoms with Crippen LogP contribution in [0.15, 0.2) is 24.3 Å². The second kappa shape index (κ2) is 5.43. The summed E-state index contributed by atoms with van der Waals surface area (Å²) in [6, 6.07) is 7.05. The van der Waals surface area contributed by atoms with Crippen molar-refractivity contribution in [3.8, 4) is 23.5 Å². The Morgan fingerprint density at radius 1 is 1.00 bits per heavy atom. The molecule has 1 heterocycles. The van der Waals surface area contributed by atoms with Crippen molar-refractivity contribution in [2.45, 2.75) is 6.92 Å². The van der Waals surface area contributed by atoms with Gasteiger partial charge in [0, 0.05) is 5.69 Å². The van der Waals surface area contributed by atoms with Crippen LogP contribution in [0.5, 0.6) is 23.5 Å². The van der Waals surface area contributed by atoms with E-state index in [0.29, 0.717) is 23.2 Å². The van der Waals surface area contributed by atoms with Gasteiger partial charge in [-0.3, -0.25) is 0 Å². The zero-order valence-electron chi connectivity index (χ0n) is 11.0. The molecule has 0 radical (unpaired) electrons. The molecule has 0 aliphatic heterocycles. The molecule has 0 spiro atoms. The molecule has 0 aliphatic rings. The molecule has 0 fully saturated rings. The molecule has 2 aromatic rings. The summed E-state index contributed by atoms with van der Waals surface area (Å²) in [4.78, 5) is 8.18. The van der Waals surface area contributed by atoms with Crippen LogP contribution in [0.2, 0.25) is 0 Å². The SMILES string of the molecule is COc1cc(OC)nc(Oc2ccc(N)cc2C)n1. The van der Waals surface area contributed by atoms with Crippen molar-refractivity contribution in [1.82, 2.24) is 9.97 Å². The Balaban J connectivity index is 2.31. The van der Waals surface area contributed by atoms with E-state index in [9.17, 15) is 0 Å². The van der Waals surface area contributed by atoms with Gasteiger partial charge >= 0.3 is 6.01 Å². The normalized spacial score (nSPS) is 10.1. The Morgan fingerprint density at radius 3 is 2.16 bits per heavy atom. The highest BCUT2D eigenvalue weighted by atomic mass is 16.5. The summed E-state index contributed by atoms with van der Waals surface area (Å²) >= 11 is 0. The molecule has 1 aromatic heterocycles. The van der Waals surface area contributed by atoms with Crippen LogP contribution in [0.3, 0.4) is 0 Å². The molecule has 0 aliphatic carbocycles. The van der Waals surface area contributed by atoms with Crippen molar-refractivity contribution >= 4 is 5.69 Å². The predicted molar refractivity (Wildman–Crippen MR) is 70.8 cm³/mol. The summed E-state index contributed by atoms with van der Waals surface area (Å²) in [6.45, 7) is 1.89. The van der Waals surface area contributed by atoms with Gasteiger partial charge in [-0.2, -0.15) is 9.97 Å². The lowest BCUT2D eigenvalue weighted by Crippen LogP contribution is -1.99. The number of hydrogen-bond acceptors (Lipinski definition) is 6. The molecule has 0 atom stereocenters. The minimum Gasteiger partial charge on any atom is -0.481 e. The number of aromatic nitrogens is 2. The minimum absolute atomic E-state index is 0.157. The first-order valence-corrected chi connectivity index (χ1v) is 5.63. The molecular formula is C13H15N3O3. The quantitative estimate of drug-likeness (QED) is 0.850. The van der Waals surface area contributed by atoms with E-state index < -0.39 is 0 Å². The van der Waals surface area contributed by atoms with Gasteiger partial charge in [0.1, 0.15) is 5.75 Å². The molecule has 6 nitrogen and oxygen atoms in total. The molecule has 0 amide bonds. The van der Waals surface area contributed by atoms with Crippen LogP contribution in [-0.4, -0.2) is 24.2 Å².